The lowest BCUT2D eigenvalue weighted by Gasteiger charge is -2.39. The highest BCUT2D eigenvalue weighted by molar-refractivity contribution is 5.46. The van der Waals surface area contributed by atoms with Crippen molar-refractivity contribution in [2.24, 2.45) is 0 Å². The van der Waals surface area contributed by atoms with Gasteiger partial charge in [-0.15, -0.1) is 0 Å². The van der Waals surface area contributed by atoms with Crippen molar-refractivity contribution in [1.82, 2.24) is 0 Å². The Morgan fingerprint density at radius 1 is 1.32 bits per heavy atom. The monoisotopic (exact) mass is 263 g/mol. The molecular formula is C16H22FNO. The van der Waals surface area contributed by atoms with E-state index in [1.807, 2.05) is 12.1 Å². The maximum atomic E-state index is 13.6. The molecule has 1 heterocycles. The summed E-state index contributed by atoms with van der Waals surface area (Å²) < 4.78 is 19.6. The van der Waals surface area contributed by atoms with Gasteiger partial charge in [0.1, 0.15) is 5.82 Å². The third kappa shape index (κ3) is 2.76. The van der Waals surface area contributed by atoms with Gasteiger partial charge in [-0.3, -0.25) is 0 Å². The molecule has 1 aliphatic heterocycles. The van der Waals surface area contributed by atoms with Crippen LogP contribution in [0.2, 0.25) is 0 Å². The molecule has 0 amide bonds. The van der Waals surface area contributed by atoms with Crippen LogP contribution in [0.25, 0.3) is 0 Å². The van der Waals surface area contributed by atoms with E-state index in [9.17, 15) is 4.39 Å². The van der Waals surface area contributed by atoms with Crippen LogP contribution in [0.15, 0.2) is 18.2 Å². The fourth-order valence-corrected chi connectivity index (χ4v) is 3.44. The second kappa shape index (κ2) is 5.12. The third-order valence-electron chi connectivity index (χ3n) is 4.55. The van der Waals surface area contributed by atoms with Crippen molar-refractivity contribution >= 4 is 5.69 Å². The van der Waals surface area contributed by atoms with Gasteiger partial charge in [0.25, 0.3) is 0 Å². The number of nitrogens with one attached hydrogen (secondary N) is 1. The van der Waals surface area contributed by atoms with Crippen LogP contribution < -0.4 is 5.32 Å². The van der Waals surface area contributed by atoms with E-state index in [1.165, 1.54) is 25.7 Å². The van der Waals surface area contributed by atoms with Crippen molar-refractivity contribution in [2.75, 3.05) is 11.9 Å². The number of benzene rings is 1. The van der Waals surface area contributed by atoms with Crippen LogP contribution in [-0.4, -0.2) is 18.2 Å². The van der Waals surface area contributed by atoms with E-state index >= 15 is 0 Å². The van der Waals surface area contributed by atoms with Crippen LogP contribution >= 0.6 is 0 Å². The summed E-state index contributed by atoms with van der Waals surface area (Å²) in [6.07, 6.45) is 7.01. The summed E-state index contributed by atoms with van der Waals surface area (Å²) in [7, 11) is 0. The molecule has 0 aromatic heterocycles. The summed E-state index contributed by atoms with van der Waals surface area (Å²) in [5, 5.41) is 3.48. The zero-order chi connectivity index (χ0) is 13.3. The first-order valence-electron chi connectivity index (χ1n) is 7.34. The maximum absolute atomic E-state index is 13.6. The molecule has 0 bridgehead atoms. The summed E-state index contributed by atoms with van der Waals surface area (Å²) in [4.78, 5) is 0. The highest BCUT2D eigenvalue weighted by atomic mass is 19.1. The number of ether oxygens (including phenoxy) is 1. The molecule has 1 aromatic carbocycles. The van der Waals surface area contributed by atoms with E-state index in [-0.39, 0.29) is 11.4 Å². The van der Waals surface area contributed by atoms with Crippen LogP contribution in [0.5, 0.6) is 0 Å². The Kier molecular flexibility index (Phi) is 3.48. The first kappa shape index (κ1) is 12.9. The highest BCUT2D eigenvalue weighted by Crippen LogP contribution is 2.40. The fraction of sp³-hybridized carbons (Fsp3) is 0.625. The number of rotatable bonds is 2. The van der Waals surface area contributed by atoms with Crippen molar-refractivity contribution in [3.63, 3.8) is 0 Å². The second-order valence-electron chi connectivity index (χ2n) is 6.04. The molecule has 2 fully saturated rings. The van der Waals surface area contributed by atoms with Gasteiger partial charge < -0.3 is 10.1 Å². The molecule has 1 saturated heterocycles. The summed E-state index contributed by atoms with van der Waals surface area (Å²) in [6, 6.07) is 5.82. The van der Waals surface area contributed by atoms with Crippen molar-refractivity contribution in [1.29, 1.82) is 0 Å². The quantitative estimate of drug-likeness (QED) is 0.869. The van der Waals surface area contributed by atoms with E-state index in [1.54, 1.807) is 13.0 Å². The molecule has 2 aliphatic rings. The van der Waals surface area contributed by atoms with Gasteiger partial charge in [-0.05, 0) is 50.3 Å². The Labute approximate surface area is 114 Å². The molecule has 1 saturated carbocycles. The molecule has 1 aromatic rings. The van der Waals surface area contributed by atoms with E-state index < -0.39 is 0 Å². The number of aryl methyl sites for hydroxylation is 1. The zero-order valence-electron chi connectivity index (χ0n) is 11.5. The van der Waals surface area contributed by atoms with Crippen LogP contribution in [0.4, 0.5) is 10.1 Å². The second-order valence-corrected chi connectivity index (χ2v) is 6.04. The number of hydrogen-bond donors (Lipinski definition) is 1. The fourth-order valence-electron chi connectivity index (χ4n) is 3.44. The summed E-state index contributed by atoms with van der Waals surface area (Å²) in [5.41, 5.74) is 1.70. The van der Waals surface area contributed by atoms with Gasteiger partial charge in [-0.25, -0.2) is 4.39 Å². The lowest BCUT2D eigenvalue weighted by Crippen LogP contribution is -2.42. The zero-order valence-corrected chi connectivity index (χ0v) is 11.5. The normalized spacial score (nSPS) is 25.7. The predicted octanol–water partition coefficient (Wildman–Crippen LogP) is 4.04. The Morgan fingerprint density at radius 3 is 2.84 bits per heavy atom. The molecule has 1 N–H and O–H groups in total. The molecule has 1 spiro atoms. The van der Waals surface area contributed by atoms with Gasteiger partial charge in [0.2, 0.25) is 0 Å². The Bertz CT molecular complexity index is 454. The van der Waals surface area contributed by atoms with Crippen molar-refractivity contribution < 1.29 is 9.13 Å². The molecule has 104 valence electrons. The van der Waals surface area contributed by atoms with Crippen LogP contribution in [-0.2, 0) is 4.74 Å². The Morgan fingerprint density at radius 2 is 2.11 bits per heavy atom. The van der Waals surface area contributed by atoms with Crippen LogP contribution in [0.3, 0.4) is 0 Å². The lowest BCUT2D eigenvalue weighted by molar-refractivity contribution is -0.0767. The highest BCUT2D eigenvalue weighted by Gasteiger charge is 2.39. The van der Waals surface area contributed by atoms with E-state index in [0.29, 0.717) is 11.6 Å². The minimum absolute atomic E-state index is 0.110. The van der Waals surface area contributed by atoms with E-state index in [4.69, 9.17) is 4.74 Å². The molecule has 0 radical (unpaired) electrons. The van der Waals surface area contributed by atoms with Gasteiger partial charge in [0, 0.05) is 18.3 Å². The summed E-state index contributed by atoms with van der Waals surface area (Å²) >= 11 is 0. The Balaban J connectivity index is 1.67. The van der Waals surface area contributed by atoms with Crippen molar-refractivity contribution in [3.05, 3.63) is 29.6 Å². The van der Waals surface area contributed by atoms with Crippen molar-refractivity contribution in [3.8, 4) is 0 Å². The molecule has 3 rings (SSSR count). The number of hydrogen-bond acceptors (Lipinski definition) is 2. The van der Waals surface area contributed by atoms with Crippen LogP contribution in [0, 0.1) is 12.7 Å². The minimum Gasteiger partial charge on any atom is -0.382 e. The maximum Gasteiger partial charge on any atom is 0.128 e. The van der Waals surface area contributed by atoms with Crippen LogP contribution in [0.1, 0.15) is 44.1 Å². The molecule has 1 aliphatic carbocycles. The topological polar surface area (TPSA) is 21.3 Å². The van der Waals surface area contributed by atoms with Gasteiger partial charge in [0.05, 0.1) is 5.60 Å². The molecule has 1 atom stereocenters. The minimum atomic E-state index is -0.132. The number of halogens is 1. The average molecular weight is 263 g/mol. The van der Waals surface area contributed by atoms with E-state index in [0.717, 1.165) is 25.1 Å². The standard InChI is InChI=1S/C16H22FNO/c1-12-4-5-13(10-15(12)17)18-14-6-9-19-16(11-14)7-2-3-8-16/h4-5,10,14,18H,2-3,6-9,11H2,1H3. The molecule has 2 nitrogen and oxygen atoms in total. The largest absolute Gasteiger partial charge is 0.382 e. The lowest BCUT2D eigenvalue weighted by atomic mass is 9.89. The average Bonchev–Trinajstić information content (AvgIpc) is 2.82. The molecule has 19 heavy (non-hydrogen) atoms. The first-order valence-corrected chi connectivity index (χ1v) is 7.34. The SMILES string of the molecule is Cc1ccc(NC2CCOC3(CCCC3)C2)cc1F. The predicted molar refractivity (Wildman–Crippen MR) is 74.9 cm³/mol. The molecule has 1 unspecified atom stereocenters. The summed E-state index contributed by atoms with van der Waals surface area (Å²) in [5.74, 6) is -0.132. The smallest absolute Gasteiger partial charge is 0.128 e. The van der Waals surface area contributed by atoms with Gasteiger partial charge >= 0.3 is 0 Å². The molecule has 3 heteroatoms. The third-order valence-corrected chi connectivity index (χ3v) is 4.55. The van der Waals surface area contributed by atoms with Crippen molar-refractivity contribution in [2.45, 2.75) is 57.1 Å². The Hall–Kier alpha value is -1.09. The van der Waals surface area contributed by atoms with Gasteiger partial charge in [-0.2, -0.15) is 0 Å². The molecular weight excluding hydrogens is 241 g/mol. The number of anilines is 1. The first-order chi connectivity index (χ1) is 9.17. The summed E-state index contributed by atoms with van der Waals surface area (Å²) in [6.45, 7) is 2.62. The van der Waals surface area contributed by atoms with Gasteiger partial charge in [-0.1, -0.05) is 18.9 Å². The van der Waals surface area contributed by atoms with Gasteiger partial charge in [0.15, 0.2) is 0 Å². The van der Waals surface area contributed by atoms with E-state index in [2.05, 4.69) is 5.32 Å².